The first-order valence-corrected chi connectivity index (χ1v) is 7.77. The van der Waals surface area contributed by atoms with Gasteiger partial charge in [0.2, 0.25) is 11.8 Å². The molecule has 2 atom stereocenters. The summed E-state index contributed by atoms with van der Waals surface area (Å²) in [6.07, 6.45) is 3.82. The Hall–Kier alpha value is -1.10. The number of hydrogen-bond donors (Lipinski definition) is 2. The first kappa shape index (κ1) is 17.0. The fourth-order valence-electron chi connectivity index (χ4n) is 2.75. The number of hydrogen-bond acceptors (Lipinski definition) is 3. The number of rotatable bonds is 7. The maximum atomic E-state index is 12.4. The first-order chi connectivity index (χ1) is 9.58. The van der Waals surface area contributed by atoms with Crippen LogP contribution in [0, 0.1) is 11.8 Å². The summed E-state index contributed by atoms with van der Waals surface area (Å²) in [5.74, 6) is 0.961. The zero-order valence-corrected chi connectivity index (χ0v) is 13.1. The fraction of sp³-hybridized carbons (Fsp3) is 0.867. The van der Waals surface area contributed by atoms with E-state index in [1.807, 2.05) is 6.92 Å². The summed E-state index contributed by atoms with van der Waals surface area (Å²) < 4.78 is 0. The van der Waals surface area contributed by atoms with Crippen LogP contribution in [0.1, 0.15) is 39.5 Å². The van der Waals surface area contributed by atoms with Gasteiger partial charge in [-0.25, -0.2) is 0 Å². The lowest BCUT2D eigenvalue weighted by Crippen LogP contribution is -2.42. The summed E-state index contributed by atoms with van der Waals surface area (Å²) in [6, 6.07) is 0. The highest BCUT2D eigenvalue weighted by Gasteiger charge is 2.24. The van der Waals surface area contributed by atoms with Crippen molar-refractivity contribution in [2.75, 3.05) is 33.2 Å². The summed E-state index contributed by atoms with van der Waals surface area (Å²) in [5.41, 5.74) is 0. The lowest BCUT2D eigenvalue weighted by molar-refractivity contribution is -0.137. The van der Waals surface area contributed by atoms with Crippen molar-refractivity contribution >= 4 is 11.8 Å². The lowest BCUT2D eigenvalue weighted by atomic mass is 9.85. The third-order valence-electron chi connectivity index (χ3n) is 4.10. The summed E-state index contributed by atoms with van der Waals surface area (Å²) in [7, 11) is 1.60. The second-order valence-electron chi connectivity index (χ2n) is 5.78. The van der Waals surface area contributed by atoms with E-state index in [0.29, 0.717) is 24.8 Å². The van der Waals surface area contributed by atoms with E-state index in [9.17, 15) is 9.59 Å². The molecule has 5 nitrogen and oxygen atoms in total. The molecule has 0 radical (unpaired) electrons. The van der Waals surface area contributed by atoms with Gasteiger partial charge < -0.3 is 15.5 Å². The van der Waals surface area contributed by atoms with E-state index in [2.05, 4.69) is 17.6 Å². The molecule has 0 aromatic carbocycles. The van der Waals surface area contributed by atoms with Gasteiger partial charge in [-0.15, -0.1) is 0 Å². The van der Waals surface area contributed by atoms with Crippen LogP contribution in [0.15, 0.2) is 0 Å². The van der Waals surface area contributed by atoms with Crippen molar-refractivity contribution in [3.05, 3.63) is 0 Å². The highest BCUT2D eigenvalue weighted by atomic mass is 16.2. The van der Waals surface area contributed by atoms with Gasteiger partial charge >= 0.3 is 0 Å². The molecular weight excluding hydrogens is 254 g/mol. The Morgan fingerprint density at radius 3 is 2.75 bits per heavy atom. The monoisotopic (exact) mass is 283 g/mol. The molecule has 0 saturated carbocycles. The Morgan fingerprint density at radius 2 is 2.20 bits per heavy atom. The van der Waals surface area contributed by atoms with Gasteiger partial charge in [-0.05, 0) is 44.2 Å². The van der Waals surface area contributed by atoms with E-state index in [1.54, 1.807) is 11.9 Å². The van der Waals surface area contributed by atoms with Crippen molar-refractivity contribution in [3.8, 4) is 0 Å². The number of piperidine rings is 1. The minimum absolute atomic E-state index is 0.0983. The average Bonchev–Trinajstić information content (AvgIpc) is 2.47. The molecule has 20 heavy (non-hydrogen) atoms. The standard InChI is InChI=1S/C15H29N3O2/c1-4-8-18(11-14(19)16-3)15(20)9-12(2)13-6-5-7-17-10-13/h12-13,17H,4-11H2,1-3H3,(H,16,19). The number of carbonyl (C=O) groups excluding carboxylic acids is 2. The van der Waals surface area contributed by atoms with Gasteiger partial charge in [-0.2, -0.15) is 0 Å². The Bertz CT molecular complexity index is 314. The largest absolute Gasteiger partial charge is 0.358 e. The number of nitrogens with zero attached hydrogens (tertiary/aromatic N) is 1. The summed E-state index contributed by atoms with van der Waals surface area (Å²) in [4.78, 5) is 25.5. The molecule has 2 N–H and O–H groups in total. The third-order valence-corrected chi connectivity index (χ3v) is 4.10. The van der Waals surface area contributed by atoms with Crippen molar-refractivity contribution in [3.63, 3.8) is 0 Å². The van der Waals surface area contributed by atoms with Crippen LogP contribution in [-0.2, 0) is 9.59 Å². The minimum atomic E-state index is -0.0983. The SMILES string of the molecule is CCCN(CC(=O)NC)C(=O)CC(C)C1CCCNC1. The second-order valence-corrected chi connectivity index (χ2v) is 5.78. The summed E-state index contributed by atoms with van der Waals surface area (Å²) in [5, 5.41) is 5.98. The molecule has 1 fully saturated rings. The Labute approximate surface area is 122 Å². The molecule has 1 aliphatic rings. The Balaban J connectivity index is 2.48. The van der Waals surface area contributed by atoms with Crippen LogP contribution in [0.3, 0.4) is 0 Å². The second kappa shape index (κ2) is 8.95. The van der Waals surface area contributed by atoms with Crippen LogP contribution in [0.5, 0.6) is 0 Å². The van der Waals surface area contributed by atoms with Crippen molar-refractivity contribution in [1.82, 2.24) is 15.5 Å². The van der Waals surface area contributed by atoms with Crippen LogP contribution < -0.4 is 10.6 Å². The maximum Gasteiger partial charge on any atom is 0.239 e. The molecule has 1 saturated heterocycles. The molecule has 0 aromatic heterocycles. The molecule has 1 aliphatic heterocycles. The number of carbonyl (C=O) groups is 2. The quantitative estimate of drug-likeness (QED) is 0.732. The fourth-order valence-corrected chi connectivity index (χ4v) is 2.75. The molecule has 0 bridgehead atoms. The van der Waals surface area contributed by atoms with Gasteiger partial charge in [0.15, 0.2) is 0 Å². The lowest BCUT2D eigenvalue weighted by Gasteiger charge is -2.30. The van der Waals surface area contributed by atoms with Crippen LogP contribution in [0.2, 0.25) is 0 Å². The normalized spacial score (nSPS) is 20.2. The highest BCUT2D eigenvalue weighted by Crippen LogP contribution is 2.23. The van der Waals surface area contributed by atoms with Crippen molar-refractivity contribution in [1.29, 1.82) is 0 Å². The molecule has 5 heteroatoms. The zero-order chi connectivity index (χ0) is 15.0. The van der Waals surface area contributed by atoms with Crippen LogP contribution >= 0.6 is 0 Å². The molecule has 2 unspecified atom stereocenters. The van der Waals surface area contributed by atoms with Crippen molar-refractivity contribution in [2.45, 2.75) is 39.5 Å². The van der Waals surface area contributed by atoms with Crippen molar-refractivity contribution in [2.24, 2.45) is 11.8 Å². The molecule has 0 spiro atoms. The van der Waals surface area contributed by atoms with Crippen molar-refractivity contribution < 1.29 is 9.59 Å². The van der Waals surface area contributed by atoms with Gasteiger partial charge in [-0.3, -0.25) is 9.59 Å². The van der Waals surface area contributed by atoms with Gasteiger partial charge in [0.25, 0.3) is 0 Å². The van der Waals surface area contributed by atoms with E-state index < -0.39 is 0 Å². The van der Waals surface area contributed by atoms with Gasteiger partial charge in [0, 0.05) is 20.0 Å². The molecule has 1 rings (SSSR count). The highest BCUT2D eigenvalue weighted by molar-refractivity contribution is 5.84. The van der Waals surface area contributed by atoms with E-state index in [1.165, 1.54) is 12.8 Å². The smallest absolute Gasteiger partial charge is 0.239 e. The van der Waals surface area contributed by atoms with Crippen LogP contribution in [0.25, 0.3) is 0 Å². The van der Waals surface area contributed by atoms with E-state index in [-0.39, 0.29) is 18.4 Å². The van der Waals surface area contributed by atoms with Crippen LogP contribution in [-0.4, -0.2) is 49.9 Å². The molecule has 2 amide bonds. The van der Waals surface area contributed by atoms with Gasteiger partial charge in [-0.1, -0.05) is 13.8 Å². The maximum absolute atomic E-state index is 12.4. The van der Waals surface area contributed by atoms with E-state index in [0.717, 1.165) is 19.5 Å². The van der Waals surface area contributed by atoms with Gasteiger partial charge in [0.1, 0.15) is 0 Å². The average molecular weight is 283 g/mol. The molecule has 0 aliphatic carbocycles. The number of likely N-dealkylation sites (N-methyl/N-ethyl adjacent to an activating group) is 1. The molecular formula is C15H29N3O2. The summed E-state index contributed by atoms with van der Waals surface area (Å²) >= 11 is 0. The minimum Gasteiger partial charge on any atom is -0.358 e. The summed E-state index contributed by atoms with van der Waals surface area (Å²) in [6.45, 7) is 7.12. The van der Waals surface area contributed by atoms with E-state index in [4.69, 9.17) is 0 Å². The van der Waals surface area contributed by atoms with Crippen LogP contribution in [0.4, 0.5) is 0 Å². The predicted molar refractivity (Wildman–Crippen MR) is 80.3 cm³/mol. The number of nitrogens with one attached hydrogen (secondary N) is 2. The van der Waals surface area contributed by atoms with E-state index >= 15 is 0 Å². The topological polar surface area (TPSA) is 61.4 Å². The van der Waals surface area contributed by atoms with Gasteiger partial charge in [0.05, 0.1) is 6.54 Å². The number of amides is 2. The Morgan fingerprint density at radius 1 is 1.45 bits per heavy atom. The predicted octanol–water partition coefficient (Wildman–Crippen LogP) is 0.997. The molecule has 0 aromatic rings. The molecule has 116 valence electrons. The third kappa shape index (κ3) is 5.49. The Kier molecular flexibility index (Phi) is 7.59. The molecule has 1 heterocycles. The first-order valence-electron chi connectivity index (χ1n) is 7.77. The zero-order valence-electron chi connectivity index (χ0n) is 13.1.